The lowest BCUT2D eigenvalue weighted by atomic mass is 9.83. The summed E-state index contributed by atoms with van der Waals surface area (Å²) < 4.78 is 37.2. The summed E-state index contributed by atoms with van der Waals surface area (Å²) in [6.45, 7) is 5.67. The van der Waals surface area contributed by atoms with Crippen molar-refractivity contribution in [3.8, 4) is 11.4 Å². The molecule has 5 atom stereocenters. The molecule has 0 aromatic carbocycles. The molecule has 0 amide bonds. The number of sulfone groups is 1. The van der Waals surface area contributed by atoms with Crippen LogP contribution >= 0.6 is 11.6 Å². The molecule has 0 radical (unpaired) electrons. The Hall–Kier alpha value is -2.89. The molecule has 4 heterocycles. The van der Waals surface area contributed by atoms with Gasteiger partial charge < -0.3 is 9.30 Å². The second kappa shape index (κ2) is 10.7. The highest BCUT2D eigenvalue weighted by Gasteiger charge is 2.38. The Balaban J connectivity index is 1.57. The van der Waals surface area contributed by atoms with Gasteiger partial charge in [-0.1, -0.05) is 37.9 Å². The minimum absolute atomic E-state index is 0.0874. The lowest BCUT2D eigenvalue weighted by Crippen LogP contribution is -2.37. The fourth-order valence-corrected chi connectivity index (χ4v) is 7.10. The Morgan fingerprint density at radius 1 is 1.13 bits per heavy atom. The van der Waals surface area contributed by atoms with Crippen LogP contribution in [0.1, 0.15) is 63.6 Å². The summed E-state index contributed by atoms with van der Waals surface area (Å²) in [6, 6.07) is 5.69. The van der Waals surface area contributed by atoms with Gasteiger partial charge in [-0.25, -0.2) is 22.9 Å². The van der Waals surface area contributed by atoms with Gasteiger partial charge in [0.15, 0.2) is 15.7 Å². The minimum atomic E-state index is -3.67. The van der Waals surface area contributed by atoms with Crippen molar-refractivity contribution in [1.82, 2.24) is 34.3 Å². The standard InChI is InChI=1S/C26H32ClN7O3S/c1-16-8-7-10-22(37-4)24(16)34-23(31-32-26(34)20-14-30-33-11-6-5-9-21(20)33)15-38(35,36)18(3)17(2)25-28-12-19(27)13-29-25/h5-6,9,11-14,16-18,22,24H,7-8,10,15H2,1-4H3/t16-,17-,18-,22+,24?/m0/s1. The lowest BCUT2D eigenvalue weighted by Gasteiger charge is -2.37. The van der Waals surface area contributed by atoms with Gasteiger partial charge >= 0.3 is 0 Å². The number of methoxy groups -OCH3 is 1. The van der Waals surface area contributed by atoms with Crippen LogP contribution in [0.4, 0.5) is 0 Å². The van der Waals surface area contributed by atoms with Gasteiger partial charge in [-0.2, -0.15) is 5.10 Å². The molecule has 12 heteroatoms. The smallest absolute Gasteiger partial charge is 0.168 e. The number of halogens is 1. The van der Waals surface area contributed by atoms with E-state index in [-0.39, 0.29) is 23.8 Å². The maximum absolute atomic E-state index is 13.7. The van der Waals surface area contributed by atoms with Crippen LogP contribution in [0.25, 0.3) is 16.9 Å². The van der Waals surface area contributed by atoms with Crippen LogP contribution in [0.15, 0.2) is 43.0 Å². The normalized spacial score (nSPS) is 22.0. The number of fused-ring (bicyclic) bond motifs is 1. The molecule has 4 aromatic heterocycles. The van der Waals surface area contributed by atoms with Crippen LogP contribution in [0.5, 0.6) is 0 Å². The maximum Gasteiger partial charge on any atom is 0.168 e. The first kappa shape index (κ1) is 26.7. The number of hydrogen-bond acceptors (Lipinski definition) is 8. The summed E-state index contributed by atoms with van der Waals surface area (Å²) in [5.41, 5.74) is 1.67. The van der Waals surface area contributed by atoms with Crippen molar-refractivity contribution in [2.24, 2.45) is 5.92 Å². The molecule has 1 aliphatic rings. The van der Waals surface area contributed by atoms with Crippen molar-refractivity contribution >= 4 is 27.0 Å². The molecule has 1 aliphatic carbocycles. The zero-order valence-corrected chi connectivity index (χ0v) is 23.5. The van der Waals surface area contributed by atoms with Crippen molar-refractivity contribution in [3.05, 3.63) is 59.7 Å². The number of ether oxygens (including phenoxy) is 1. The SMILES string of the molecule is CO[C@@H]1CCC[C@H](C)C1n1c(CS(=O)(=O)[C@@H](C)[C@H](C)c2ncc(Cl)cn2)nnc1-c1cnn2ccccc12. The first-order chi connectivity index (χ1) is 18.2. The molecule has 10 nitrogen and oxygen atoms in total. The molecule has 0 spiro atoms. The molecule has 5 rings (SSSR count). The molecule has 4 aromatic rings. The first-order valence-corrected chi connectivity index (χ1v) is 14.9. The lowest BCUT2D eigenvalue weighted by molar-refractivity contribution is 0.00595. The average Bonchev–Trinajstić information content (AvgIpc) is 3.51. The molecule has 0 aliphatic heterocycles. The predicted octanol–water partition coefficient (Wildman–Crippen LogP) is 4.52. The first-order valence-electron chi connectivity index (χ1n) is 12.8. The Bertz CT molecular complexity index is 1520. The van der Waals surface area contributed by atoms with E-state index in [1.807, 2.05) is 35.9 Å². The van der Waals surface area contributed by atoms with E-state index in [0.29, 0.717) is 22.5 Å². The summed E-state index contributed by atoms with van der Waals surface area (Å²) in [5.74, 6) is 0.960. The molecular weight excluding hydrogens is 526 g/mol. The second-order valence-electron chi connectivity index (χ2n) is 10.1. The van der Waals surface area contributed by atoms with Gasteiger partial charge in [0, 0.05) is 31.6 Å². The number of rotatable bonds is 8. The zero-order valence-electron chi connectivity index (χ0n) is 21.9. The number of hydrogen-bond donors (Lipinski definition) is 0. The Labute approximate surface area is 227 Å². The summed E-state index contributed by atoms with van der Waals surface area (Å²) >= 11 is 5.92. The Morgan fingerprint density at radius 2 is 1.89 bits per heavy atom. The van der Waals surface area contributed by atoms with Gasteiger partial charge in [-0.05, 0) is 37.8 Å². The quantitative estimate of drug-likeness (QED) is 0.310. The van der Waals surface area contributed by atoms with Gasteiger partial charge in [0.2, 0.25) is 0 Å². The van der Waals surface area contributed by atoms with Crippen molar-refractivity contribution in [1.29, 1.82) is 0 Å². The van der Waals surface area contributed by atoms with Crippen LogP contribution in [-0.2, 0) is 20.3 Å². The summed E-state index contributed by atoms with van der Waals surface area (Å²) in [7, 11) is -1.96. The molecular formula is C26H32ClN7O3S. The van der Waals surface area contributed by atoms with Crippen LogP contribution in [0.2, 0.25) is 5.02 Å². The number of aromatic nitrogens is 7. The topological polar surface area (TPSA) is 117 Å². The molecule has 1 unspecified atom stereocenters. The molecule has 38 heavy (non-hydrogen) atoms. The highest BCUT2D eigenvalue weighted by Crippen LogP contribution is 2.40. The molecule has 0 saturated heterocycles. The highest BCUT2D eigenvalue weighted by molar-refractivity contribution is 7.91. The van der Waals surface area contributed by atoms with E-state index in [2.05, 4.69) is 32.2 Å². The summed E-state index contributed by atoms with van der Waals surface area (Å²) in [4.78, 5) is 8.48. The van der Waals surface area contributed by atoms with E-state index >= 15 is 0 Å². The Kier molecular flexibility index (Phi) is 7.52. The zero-order chi connectivity index (χ0) is 27.0. The second-order valence-corrected chi connectivity index (χ2v) is 12.9. The Morgan fingerprint density at radius 3 is 2.63 bits per heavy atom. The van der Waals surface area contributed by atoms with Gasteiger partial charge in [0.05, 0.1) is 39.7 Å². The van der Waals surface area contributed by atoms with Crippen molar-refractivity contribution in [2.75, 3.05) is 7.11 Å². The van der Waals surface area contributed by atoms with Gasteiger partial charge in [-0.15, -0.1) is 10.2 Å². The molecule has 1 fully saturated rings. The third kappa shape index (κ3) is 4.94. The molecule has 0 N–H and O–H groups in total. The van der Waals surface area contributed by atoms with Crippen LogP contribution in [0.3, 0.4) is 0 Å². The highest BCUT2D eigenvalue weighted by atomic mass is 35.5. The third-order valence-electron chi connectivity index (χ3n) is 7.80. The number of nitrogens with zero attached hydrogens (tertiary/aromatic N) is 7. The molecule has 1 saturated carbocycles. The van der Waals surface area contributed by atoms with E-state index in [1.165, 1.54) is 12.4 Å². The minimum Gasteiger partial charge on any atom is -0.379 e. The van der Waals surface area contributed by atoms with E-state index in [1.54, 1.807) is 24.7 Å². The predicted molar refractivity (Wildman–Crippen MR) is 145 cm³/mol. The van der Waals surface area contributed by atoms with Gasteiger partial charge in [0.1, 0.15) is 17.4 Å². The van der Waals surface area contributed by atoms with Crippen molar-refractivity contribution < 1.29 is 13.2 Å². The monoisotopic (exact) mass is 557 g/mol. The van der Waals surface area contributed by atoms with E-state index < -0.39 is 21.0 Å². The number of pyridine rings is 1. The van der Waals surface area contributed by atoms with Gasteiger partial charge in [0.25, 0.3) is 0 Å². The van der Waals surface area contributed by atoms with E-state index in [0.717, 1.165) is 30.3 Å². The summed E-state index contributed by atoms with van der Waals surface area (Å²) in [5, 5.41) is 13.1. The van der Waals surface area contributed by atoms with Gasteiger partial charge in [-0.3, -0.25) is 0 Å². The third-order valence-corrected chi connectivity index (χ3v) is 10.2. The average molecular weight is 558 g/mol. The van der Waals surface area contributed by atoms with Crippen LogP contribution in [-0.4, -0.2) is 61.2 Å². The van der Waals surface area contributed by atoms with Crippen LogP contribution < -0.4 is 0 Å². The maximum atomic E-state index is 13.7. The van der Waals surface area contributed by atoms with E-state index in [9.17, 15) is 8.42 Å². The molecule has 202 valence electrons. The van der Waals surface area contributed by atoms with Crippen molar-refractivity contribution in [3.63, 3.8) is 0 Å². The fourth-order valence-electron chi connectivity index (χ4n) is 5.44. The largest absolute Gasteiger partial charge is 0.379 e. The summed E-state index contributed by atoms with van der Waals surface area (Å²) in [6.07, 6.45) is 9.43. The fraction of sp³-hybridized carbons (Fsp3) is 0.500. The van der Waals surface area contributed by atoms with Crippen LogP contribution in [0, 0.1) is 5.92 Å². The van der Waals surface area contributed by atoms with Crippen molar-refractivity contribution in [2.45, 2.75) is 69.1 Å². The molecule has 0 bridgehead atoms. The van der Waals surface area contributed by atoms with E-state index in [4.69, 9.17) is 16.3 Å².